The molecule has 4 aliphatic rings. The molecule has 0 amide bonds. The molecule has 3 aromatic heterocycles. The number of halogens is 2. The summed E-state index contributed by atoms with van der Waals surface area (Å²) in [5.74, 6) is 77.7. The van der Waals surface area contributed by atoms with Crippen molar-refractivity contribution >= 4 is 116 Å². The summed E-state index contributed by atoms with van der Waals surface area (Å²) in [5, 5.41) is 5.57. The molecule has 2 atom stereocenters. The molecule has 0 spiro atoms. The average Bonchev–Trinajstić information content (AvgIpc) is 1.59. The molecule has 4 aliphatic heterocycles. The third-order valence-corrected chi connectivity index (χ3v) is 26.5. The first-order chi connectivity index (χ1) is 49.8. The van der Waals surface area contributed by atoms with Gasteiger partial charge in [0.15, 0.2) is 8.80 Å². The lowest BCUT2D eigenvalue weighted by Crippen LogP contribution is -2.52. The average molecular weight is 1450 g/mol. The molecule has 7 heterocycles. The van der Waals surface area contributed by atoms with Gasteiger partial charge >= 0.3 is 0 Å². The van der Waals surface area contributed by atoms with Gasteiger partial charge in [0.2, 0.25) is 0 Å². The number of hydrogen-bond acceptors (Lipinski definition) is 2. The van der Waals surface area contributed by atoms with Crippen molar-refractivity contribution < 1.29 is 0 Å². The number of aromatic amines is 2. The summed E-state index contributed by atoms with van der Waals surface area (Å²) in [6.45, 7) is 4.91. The van der Waals surface area contributed by atoms with Crippen LogP contribution in [0.5, 0.6) is 0 Å². The van der Waals surface area contributed by atoms with Crippen molar-refractivity contribution in [3.05, 3.63) is 141 Å². The number of rotatable bonds is 17. The Hall–Kier alpha value is -12.2. The molecule has 0 saturated carbocycles. The normalized spacial score (nSPS) is 12.4. The molecule has 8 bridgehead atoms. The predicted octanol–water partition coefficient (Wildman–Crippen LogP) is 15.7. The van der Waals surface area contributed by atoms with E-state index in [1.807, 2.05) is 0 Å². The standard InChI is InChI=1S/C93H62Br2N4Si2/c1-4-6-8-10-12-14-16-18-20-21-22-23-24-25-26-27-28-29-30-31-32-33-34-35-36-38-40-42-44-50-68-100-86-54-48-46-52-74(86)75-58-56-72(70-87(75)100)90-78-60-64-82(96-78)92(94)84-66-62-80(98-84)91(81-63-67-85(99-81)93(95)83-65-61-79(90)97-83)73-57-59-77-76-53-47-49-55-88(76)101(3,89(77)71-73)69-51-45-43-41-39-37-19-17-15-13-11-9-7-5-2/h1,46-49,52-67,70-71,96,99-100H,5,7,9,11,13,15,17,19,37,39,41,43,45,51,69H2,2-3H3. The monoisotopic (exact) mass is 1450 g/mol. The molecule has 0 aliphatic carbocycles. The Morgan fingerprint density at radius 2 is 0.733 bits per heavy atom. The molecular formula is C93H62Br2N4Si2. The number of unbranched alkanes of at least 4 members (excludes halogenated alkanes) is 13. The van der Waals surface area contributed by atoms with Crippen LogP contribution >= 0.6 is 31.9 Å². The van der Waals surface area contributed by atoms with E-state index in [9.17, 15) is 0 Å². The van der Waals surface area contributed by atoms with Gasteiger partial charge in [-0.3, -0.25) is 0 Å². The van der Waals surface area contributed by atoms with E-state index in [1.54, 1.807) is 5.19 Å². The molecule has 2 unspecified atom stereocenters. The lowest BCUT2D eigenvalue weighted by Gasteiger charge is -2.25. The number of fused-ring (bicyclic) bond motifs is 14. The number of benzene rings is 4. The van der Waals surface area contributed by atoms with E-state index in [4.69, 9.17) is 16.4 Å². The third kappa shape index (κ3) is 18.1. The van der Waals surface area contributed by atoms with Crippen LogP contribution in [0.2, 0.25) is 12.6 Å². The molecular weight excluding hydrogens is 1390 g/mol. The smallest absolute Gasteiger partial charge is 0.186 e. The van der Waals surface area contributed by atoms with Gasteiger partial charge in [-0.25, -0.2) is 9.97 Å². The minimum atomic E-state index is -2.10. The van der Waals surface area contributed by atoms with Crippen LogP contribution in [0.25, 0.3) is 90.9 Å². The van der Waals surface area contributed by atoms with E-state index in [2.05, 4.69) is 372 Å². The Balaban J connectivity index is 0.805. The highest BCUT2D eigenvalue weighted by Gasteiger charge is 2.41. The zero-order valence-electron chi connectivity index (χ0n) is 56.1. The zero-order chi connectivity index (χ0) is 69.7. The van der Waals surface area contributed by atoms with Crippen LogP contribution in [-0.4, -0.2) is 36.8 Å². The van der Waals surface area contributed by atoms with Gasteiger partial charge in [0.05, 0.1) is 42.8 Å². The van der Waals surface area contributed by atoms with Gasteiger partial charge in [-0.05, 0) is 235 Å². The molecule has 101 heavy (non-hydrogen) atoms. The Kier molecular flexibility index (Phi) is 25.3. The van der Waals surface area contributed by atoms with E-state index in [0.29, 0.717) is 0 Å². The summed E-state index contributed by atoms with van der Waals surface area (Å²) in [7, 11) is -4.20. The number of nitrogens with zero attached hydrogens (tertiary/aromatic N) is 2. The highest BCUT2D eigenvalue weighted by Crippen LogP contribution is 2.40. The summed E-state index contributed by atoms with van der Waals surface area (Å²) in [4.78, 5) is 18.5. The second kappa shape index (κ2) is 36.4. The minimum Gasteiger partial charge on any atom is -0.354 e. The Bertz CT molecular complexity index is 5860. The van der Waals surface area contributed by atoms with Crippen LogP contribution in [0.1, 0.15) is 120 Å². The quantitative estimate of drug-likeness (QED) is 0.0542. The first kappa shape index (κ1) is 70.2. The maximum Gasteiger partial charge on any atom is 0.186 e. The number of nitrogens with one attached hydrogen (secondary N) is 2. The van der Waals surface area contributed by atoms with Crippen LogP contribution in [0.4, 0.5) is 0 Å². The van der Waals surface area contributed by atoms with Crippen molar-refractivity contribution in [3.63, 3.8) is 0 Å². The topological polar surface area (TPSA) is 57.4 Å². The highest BCUT2D eigenvalue weighted by molar-refractivity contribution is 9.11. The number of hydrogen-bond donors (Lipinski definition) is 2. The largest absolute Gasteiger partial charge is 0.354 e. The molecule has 4 nitrogen and oxygen atoms in total. The van der Waals surface area contributed by atoms with Crippen LogP contribution < -0.4 is 20.7 Å². The number of aromatic nitrogens is 4. The first-order valence-electron chi connectivity index (χ1n) is 33.8. The SMILES string of the molecule is C#CC#CC#CC#CC#CC#CC#CC#CC#CC#CC#CC#CC#CC#CC#CC#C[SiH]1c2ccccc2-c2ccc(-c3c4nc(c(Br)c5ccc([nH]5)c(-c5ccc6c(c5)[Si](C)(CCCCCCCCCCCCCCCC)c5ccccc5-6)c5nc(c(Br)c6ccc3[nH]6)C=C5)C=C4)cc21. The summed E-state index contributed by atoms with van der Waals surface area (Å²) in [6.07, 6.45) is 32.6. The zero-order valence-corrected chi connectivity index (χ0v) is 61.4. The third-order valence-electron chi connectivity index (χ3n) is 17.6. The van der Waals surface area contributed by atoms with Crippen molar-refractivity contribution in [2.24, 2.45) is 0 Å². The Morgan fingerprint density at radius 3 is 1.21 bits per heavy atom. The molecule has 2 N–H and O–H groups in total. The molecule has 11 rings (SSSR count). The molecule has 476 valence electrons. The number of H-pyrrole nitrogens is 2. The van der Waals surface area contributed by atoms with Crippen LogP contribution in [0.3, 0.4) is 0 Å². The molecule has 4 aromatic carbocycles. The van der Waals surface area contributed by atoms with E-state index in [1.165, 1.54) is 134 Å². The van der Waals surface area contributed by atoms with E-state index in [0.717, 1.165) is 76.0 Å². The van der Waals surface area contributed by atoms with Crippen molar-refractivity contribution in [2.45, 2.75) is 109 Å². The molecule has 0 radical (unpaired) electrons. The fourth-order valence-corrected chi connectivity index (χ4v) is 20.8. The lowest BCUT2D eigenvalue weighted by molar-refractivity contribution is 0.538. The Morgan fingerprint density at radius 1 is 0.366 bits per heavy atom. The van der Waals surface area contributed by atoms with Crippen molar-refractivity contribution in [1.29, 1.82) is 0 Å². The Labute approximate surface area is 615 Å². The van der Waals surface area contributed by atoms with E-state index >= 15 is 0 Å². The van der Waals surface area contributed by atoms with E-state index < -0.39 is 16.9 Å². The summed E-state index contributed by atoms with van der Waals surface area (Å²) >= 11 is 8.11. The molecule has 7 aromatic rings. The maximum absolute atomic E-state index is 5.45. The highest BCUT2D eigenvalue weighted by atomic mass is 79.9. The van der Waals surface area contributed by atoms with Gasteiger partial charge in [-0.2, -0.15) is 0 Å². The van der Waals surface area contributed by atoms with Gasteiger partial charge in [-0.15, -0.1) is 12.0 Å². The van der Waals surface area contributed by atoms with Crippen LogP contribution in [-0.2, 0) is 0 Å². The summed E-state index contributed by atoms with van der Waals surface area (Å²) in [5.41, 5.74) is 20.1. The second-order valence-electron chi connectivity index (χ2n) is 24.1. The summed E-state index contributed by atoms with van der Waals surface area (Å²) < 4.78 is 1.73. The van der Waals surface area contributed by atoms with Gasteiger partial charge < -0.3 is 9.97 Å². The van der Waals surface area contributed by atoms with Crippen molar-refractivity contribution in [3.8, 4) is 234 Å². The lowest BCUT2D eigenvalue weighted by atomic mass is 9.99. The number of terminal acetylenes is 1. The minimum absolute atomic E-state index is 0.814. The fraction of sp³-hybridized carbons (Fsp3) is 0.183. The molecule has 0 saturated heterocycles. The predicted molar refractivity (Wildman–Crippen MR) is 434 cm³/mol. The first-order valence-corrected chi connectivity index (χ1v) is 39.8. The van der Waals surface area contributed by atoms with Gasteiger partial charge in [0.25, 0.3) is 0 Å². The van der Waals surface area contributed by atoms with Gasteiger partial charge in [0.1, 0.15) is 8.07 Å². The molecule has 0 fully saturated rings. The van der Waals surface area contributed by atoms with Gasteiger partial charge in [-0.1, -0.05) is 188 Å². The maximum atomic E-state index is 5.45. The van der Waals surface area contributed by atoms with Crippen molar-refractivity contribution in [2.75, 3.05) is 0 Å². The van der Waals surface area contributed by atoms with Crippen LogP contribution in [0.15, 0.2) is 118 Å². The molecule has 8 heteroatoms. The van der Waals surface area contributed by atoms with Crippen LogP contribution in [0, 0.1) is 190 Å². The van der Waals surface area contributed by atoms with Crippen molar-refractivity contribution in [1.82, 2.24) is 19.9 Å². The van der Waals surface area contributed by atoms with E-state index in [-0.39, 0.29) is 0 Å². The fourth-order valence-electron chi connectivity index (χ4n) is 12.9. The van der Waals surface area contributed by atoms with Gasteiger partial charge in [0, 0.05) is 105 Å². The summed E-state index contributed by atoms with van der Waals surface area (Å²) in [6, 6.07) is 41.6. The second-order valence-corrected chi connectivity index (χ2v) is 32.3.